The SMILES string of the molecule is CC(C)[C@H](NC(=O)CNC(=O)[C@H](Cc1ccc(O)cc1)NC(=O)CN)C(=O)N1CCC[C@H]1C(=O)O. The second kappa shape index (κ2) is 12.7. The molecule has 0 aromatic heterocycles. The molecule has 0 aliphatic carbocycles. The highest BCUT2D eigenvalue weighted by Gasteiger charge is 2.38. The lowest BCUT2D eigenvalue weighted by Crippen LogP contribution is -2.56. The minimum Gasteiger partial charge on any atom is -0.508 e. The van der Waals surface area contributed by atoms with E-state index in [-0.39, 0.29) is 24.6 Å². The highest BCUT2D eigenvalue weighted by atomic mass is 16.4. The van der Waals surface area contributed by atoms with Crippen molar-refractivity contribution in [1.29, 1.82) is 0 Å². The van der Waals surface area contributed by atoms with Crippen molar-refractivity contribution in [1.82, 2.24) is 20.9 Å². The number of likely N-dealkylation sites (tertiary alicyclic amines) is 1. The Balaban J connectivity index is 2.00. The van der Waals surface area contributed by atoms with Crippen molar-refractivity contribution < 1.29 is 34.2 Å². The Bertz CT molecular complexity index is 935. The summed E-state index contributed by atoms with van der Waals surface area (Å²) in [5.74, 6) is -3.66. The van der Waals surface area contributed by atoms with Crippen LogP contribution in [-0.4, -0.2) is 82.5 Å². The Morgan fingerprint density at radius 1 is 1.09 bits per heavy atom. The van der Waals surface area contributed by atoms with Crippen LogP contribution >= 0.6 is 0 Å². The number of nitrogens with zero attached hydrogens (tertiary/aromatic N) is 1. The fraction of sp³-hybridized carbons (Fsp3) is 0.522. The minimum atomic E-state index is -1.09. The molecule has 0 spiro atoms. The largest absolute Gasteiger partial charge is 0.508 e. The molecule has 1 aliphatic heterocycles. The highest BCUT2D eigenvalue weighted by Crippen LogP contribution is 2.20. The zero-order valence-electron chi connectivity index (χ0n) is 19.8. The first-order chi connectivity index (χ1) is 16.5. The summed E-state index contributed by atoms with van der Waals surface area (Å²) in [5, 5.41) is 26.3. The van der Waals surface area contributed by atoms with Gasteiger partial charge in [0.1, 0.15) is 23.9 Å². The molecular weight excluding hydrogens is 458 g/mol. The first-order valence-corrected chi connectivity index (χ1v) is 11.4. The van der Waals surface area contributed by atoms with Crippen molar-refractivity contribution in [3.8, 4) is 5.75 Å². The van der Waals surface area contributed by atoms with Gasteiger partial charge in [-0.3, -0.25) is 19.2 Å². The van der Waals surface area contributed by atoms with Gasteiger partial charge in [0, 0.05) is 13.0 Å². The number of rotatable bonds is 11. The molecule has 1 aromatic rings. The van der Waals surface area contributed by atoms with Gasteiger partial charge in [-0.25, -0.2) is 4.79 Å². The number of hydrogen-bond acceptors (Lipinski definition) is 7. The maximum absolute atomic E-state index is 12.9. The van der Waals surface area contributed by atoms with Gasteiger partial charge in [-0.1, -0.05) is 26.0 Å². The number of hydrogen-bond donors (Lipinski definition) is 6. The van der Waals surface area contributed by atoms with Crippen LogP contribution in [-0.2, 0) is 30.4 Å². The van der Waals surface area contributed by atoms with E-state index in [9.17, 15) is 34.2 Å². The van der Waals surface area contributed by atoms with Crippen LogP contribution in [0.15, 0.2) is 24.3 Å². The molecule has 12 heteroatoms. The number of carbonyl (C=O) groups excluding carboxylic acids is 4. The number of phenols is 1. The summed E-state index contributed by atoms with van der Waals surface area (Å²) in [6.07, 6.45) is 1.01. The third kappa shape index (κ3) is 7.95. The summed E-state index contributed by atoms with van der Waals surface area (Å²) in [7, 11) is 0. The first-order valence-electron chi connectivity index (χ1n) is 11.4. The predicted molar refractivity (Wildman–Crippen MR) is 125 cm³/mol. The van der Waals surface area contributed by atoms with Gasteiger partial charge in [0.25, 0.3) is 0 Å². The topological polar surface area (TPSA) is 191 Å². The fourth-order valence-electron chi connectivity index (χ4n) is 3.82. The van der Waals surface area contributed by atoms with Crippen LogP contribution in [0, 0.1) is 5.92 Å². The molecule has 35 heavy (non-hydrogen) atoms. The Morgan fingerprint density at radius 3 is 2.31 bits per heavy atom. The zero-order chi connectivity index (χ0) is 26.1. The van der Waals surface area contributed by atoms with Crippen LogP contribution in [0.25, 0.3) is 0 Å². The monoisotopic (exact) mass is 491 g/mol. The van der Waals surface area contributed by atoms with Crippen LogP contribution < -0.4 is 21.7 Å². The quantitative estimate of drug-likeness (QED) is 0.220. The van der Waals surface area contributed by atoms with Crippen LogP contribution in [0.3, 0.4) is 0 Å². The zero-order valence-corrected chi connectivity index (χ0v) is 19.8. The number of carboxylic acids is 1. The van der Waals surface area contributed by atoms with E-state index >= 15 is 0 Å². The summed E-state index contributed by atoms with van der Waals surface area (Å²) < 4.78 is 0. The Hall–Kier alpha value is -3.67. The maximum atomic E-state index is 12.9. The van der Waals surface area contributed by atoms with E-state index in [2.05, 4.69) is 16.0 Å². The van der Waals surface area contributed by atoms with E-state index in [0.29, 0.717) is 24.9 Å². The second-order valence-corrected chi connectivity index (χ2v) is 8.73. The van der Waals surface area contributed by atoms with Crippen LogP contribution in [0.5, 0.6) is 5.75 Å². The highest BCUT2D eigenvalue weighted by molar-refractivity contribution is 5.94. The molecule has 1 aromatic carbocycles. The Kier molecular flexibility index (Phi) is 10.0. The molecule has 3 atom stereocenters. The number of amides is 4. The maximum Gasteiger partial charge on any atom is 0.326 e. The molecule has 0 saturated carbocycles. The standard InChI is InChI=1S/C23H33N5O7/c1-13(2)20(22(33)28-9-3-4-17(28)23(34)35)27-19(31)12-25-21(32)16(26-18(30)11-24)10-14-5-7-15(29)8-6-14/h5-8,13,16-17,20,29H,3-4,9-12,24H2,1-2H3,(H,25,32)(H,26,30)(H,27,31)(H,34,35)/t16-,17-,20-/m0/s1. The summed E-state index contributed by atoms with van der Waals surface area (Å²) >= 11 is 0. The molecule has 0 unspecified atom stereocenters. The Labute approximate surface area is 203 Å². The van der Waals surface area contributed by atoms with Gasteiger partial charge in [-0.2, -0.15) is 0 Å². The molecule has 2 rings (SSSR count). The van der Waals surface area contributed by atoms with Gasteiger partial charge in [0.2, 0.25) is 23.6 Å². The smallest absolute Gasteiger partial charge is 0.326 e. The summed E-state index contributed by atoms with van der Waals surface area (Å²) in [4.78, 5) is 62.7. The van der Waals surface area contributed by atoms with Crippen LogP contribution in [0.2, 0.25) is 0 Å². The second-order valence-electron chi connectivity index (χ2n) is 8.73. The average Bonchev–Trinajstić information content (AvgIpc) is 3.31. The van der Waals surface area contributed by atoms with E-state index in [1.54, 1.807) is 26.0 Å². The molecule has 0 radical (unpaired) electrons. The molecule has 7 N–H and O–H groups in total. The van der Waals surface area contributed by atoms with E-state index in [4.69, 9.17) is 5.73 Å². The lowest BCUT2D eigenvalue weighted by molar-refractivity contribution is -0.150. The van der Waals surface area contributed by atoms with Crippen molar-refractivity contribution in [2.45, 2.75) is 51.2 Å². The van der Waals surface area contributed by atoms with Gasteiger partial charge in [-0.05, 0) is 36.5 Å². The minimum absolute atomic E-state index is 0.0512. The van der Waals surface area contributed by atoms with Gasteiger partial charge in [-0.15, -0.1) is 0 Å². The lowest BCUT2D eigenvalue weighted by atomic mass is 10.0. The molecule has 4 amide bonds. The van der Waals surface area contributed by atoms with Crippen molar-refractivity contribution >= 4 is 29.6 Å². The number of carboxylic acid groups (broad SMARTS) is 1. The van der Waals surface area contributed by atoms with Gasteiger partial charge >= 0.3 is 5.97 Å². The number of phenolic OH excluding ortho intramolecular Hbond substituents is 1. The van der Waals surface area contributed by atoms with Crippen LogP contribution in [0.4, 0.5) is 0 Å². The number of aliphatic carboxylic acids is 1. The first kappa shape index (κ1) is 27.6. The number of benzene rings is 1. The molecular formula is C23H33N5O7. The van der Waals surface area contributed by atoms with E-state index in [1.165, 1.54) is 17.0 Å². The number of aromatic hydroxyl groups is 1. The van der Waals surface area contributed by atoms with Crippen LogP contribution in [0.1, 0.15) is 32.3 Å². The molecule has 1 saturated heterocycles. The summed E-state index contributed by atoms with van der Waals surface area (Å²) in [6.45, 7) is 2.96. The van der Waals surface area contributed by atoms with Crippen molar-refractivity contribution in [2.75, 3.05) is 19.6 Å². The van der Waals surface area contributed by atoms with E-state index in [0.717, 1.165) is 0 Å². The normalized spacial score (nSPS) is 16.9. The third-order valence-electron chi connectivity index (χ3n) is 5.71. The van der Waals surface area contributed by atoms with Crippen molar-refractivity contribution in [3.63, 3.8) is 0 Å². The lowest BCUT2D eigenvalue weighted by Gasteiger charge is -2.29. The third-order valence-corrected chi connectivity index (χ3v) is 5.71. The number of carbonyl (C=O) groups is 5. The predicted octanol–water partition coefficient (Wildman–Crippen LogP) is -1.29. The summed E-state index contributed by atoms with van der Waals surface area (Å²) in [5.41, 5.74) is 5.99. The fourth-order valence-corrected chi connectivity index (χ4v) is 3.82. The average molecular weight is 492 g/mol. The number of nitrogens with one attached hydrogen (secondary N) is 3. The van der Waals surface area contributed by atoms with Gasteiger partial charge in [0.15, 0.2) is 0 Å². The van der Waals surface area contributed by atoms with Crippen molar-refractivity contribution in [3.05, 3.63) is 29.8 Å². The molecule has 1 heterocycles. The van der Waals surface area contributed by atoms with E-state index in [1.807, 2.05) is 0 Å². The Morgan fingerprint density at radius 2 is 1.74 bits per heavy atom. The van der Waals surface area contributed by atoms with E-state index < -0.39 is 54.3 Å². The molecule has 1 fully saturated rings. The number of nitrogens with two attached hydrogens (primary N) is 1. The molecule has 1 aliphatic rings. The summed E-state index contributed by atoms with van der Waals surface area (Å²) in [6, 6.07) is 3.18. The van der Waals surface area contributed by atoms with Gasteiger partial charge in [0.05, 0.1) is 13.1 Å². The van der Waals surface area contributed by atoms with Gasteiger partial charge < -0.3 is 36.8 Å². The molecule has 12 nitrogen and oxygen atoms in total. The molecule has 0 bridgehead atoms. The molecule has 192 valence electrons. The van der Waals surface area contributed by atoms with Crippen molar-refractivity contribution in [2.24, 2.45) is 11.7 Å².